The Kier molecular flexibility index (Phi) is 7.39. The van der Waals surface area contributed by atoms with Crippen molar-refractivity contribution in [2.24, 2.45) is 0 Å². The predicted molar refractivity (Wildman–Crippen MR) is 125 cm³/mol. The third-order valence-electron chi connectivity index (χ3n) is 4.23. The van der Waals surface area contributed by atoms with Crippen LogP contribution in [0.5, 0.6) is 5.75 Å². The molecule has 3 rings (SSSR count). The number of hydrogen-bond donors (Lipinski definition) is 2. The molecule has 0 fully saturated rings. The number of rotatable bonds is 8. The molecule has 0 heterocycles. The number of benzene rings is 3. The van der Waals surface area contributed by atoms with E-state index in [1.807, 2.05) is 49.4 Å². The van der Waals surface area contributed by atoms with Gasteiger partial charge < -0.3 is 15.4 Å². The largest absolute Gasteiger partial charge is 0.487 e. The van der Waals surface area contributed by atoms with E-state index in [1.54, 1.807) is 24.3 Å². The van der Waals surface area contributed by atoms with E-state index in [1.165, 1.54) is 0 Å². The van der Waals surface area contributed by atoms with E-state index in [9.17, 15) is 4.79 Å². The van der Waals surface area contributed by atoms with Crippen LogP contribution in [0, 0.1) is 0 Å². The van der Waals surface area contributed by atoms with Gasteiger partial charge in [-0.05, 0) is 48.4 Å². The molecular weight excluding hydrogens is 419 g/mol. The van der Waals surface area contributed by atoms with Gasteiger partial charge in [-0.3, -0.25) is 4.79 Å². The van der Waals surface area contributed by atoms with Crippen LogP contribution in [-0.2, 0) is 11.2 Å². The molecule has 0 aliphatic carbocycles. The Bertz CT molecular complexity index is 1050. The third kappa shape index (κ3) is 5.78. The minimum Gasteiger partial charge on any atom is -0.487 e. The van der Waals surface area contributed by atoms with Gasteiger partial charge in [0.1, 0.15) is 12.4 Å². The molecule has 154 valence electrons. The van der Waals surface area contributed by atoms with Gasteiger partial charge in [0, 0.05) is 5.69 Å². The number of carbonyl (C=O) groups excluding carboxylic acids is 1. The highest BCUT2D eigenvalue weighted by Crippen LogP contribution is 2.34. The van der Waals surface area contributed by atoms with Gasteiger partial charge >= 0.3 is 0 Å². The molecule has 1 amide bonds. The van der Waals surface area contributed by atoms with Crippen LogP contribution in [0.15, 0.2) is 78.9 Å². The van der Waals surface area contributed by atoms with Crippen LogP contribution >= 0.6 is 23.2 Å². The van der Waals surface area contributed by atoms with Crippen molar-refractivity contribution >= 4 is 46.2 Å². The first-order chi connectivity index (χ1) is 14.4. The van der Waals surface area contributed by atoms with Crippen molar-refractivity contribution in [3.05, 3.63) is 94.5 Å². The summed E-state index contributed by atoms with van der Waals surface area (Å²) in [7, 11) is 0. The van der Waals surface area contributed by atoms with E-state index < -0.39 is 0 Å². The van der Waals surface area contributed by atoms with E-state index in [0.29, 0.717) is 33.8 Å². The second kappa shape index (κ2) is 10.2. The summed E-state index contributed by atoms with van der Waals surface area (Å²) in [6.45, 7) is 6.11. The zero-order valence-corrected chi connectivity index (χ0v) is 18.1. The number of amides is 1. The normalized spacial score (nSPS) is 10.4. The smallest absolute Gasteiger partial charge is 0.228 e. The predicted octanol–water partition coefficient (Wildman–Crippen LogP) is 6.87. The average molecular weight is 441 g/mol. The van der Waals surface area contributed by atoms with Crippen LogP contribution in [0.4, 0.5) is 17.1 Å². The molecule has 0 aliphatic rings. The lowest BCUT2D eigenvalue weighted by molar-refractivity contribution is -0.115. The van der Waals surface area contributed by atoms with Gasteiger partial charge in [0.05, 0.1) is 27.8 Å². The van der Waals surface area contributed by atoms with Gasteiger partial charge in [-0.1, -0.05) is 66.2 Å². The van der Waals surface area contributed by atoms with Crippen LogP contribution in [0.25, 0.3) is 0 Å². The van der Waals surface area contributed by atoms with Crippen molar-refractivity contribution < 1.29 is 9.53 Å². The molecule has 0 saturated heterocycles. The fraction of sp³-hybridized carbons (Fsp3) is 0.125. The zero-order valence-electron chi connectivity index (χ0n) is 16.5. The van der Waals surface area contributed by atoms with Crippen molar-refractivity contribution in [1.82, 2.24) is 0 Å². The second-order valence-electron chi connectivity index (χ2n) is 6.85. The molecule has 0 unspecified atom stereocenters. The first-order valence-corrected chi connectivity index (χ1v) is 10.1. The Labute approximate surface area is 186 Å². The molecule has 0 atom stereocenters. The summed E-state index contributed by atoms with van der Waals surface area (Å²) in [5.74, 6) is 0.434. The van der Waals surface area contributed by atoms with Crippen molar-refractivity contribution in [2.75, 3.05) is 17.2 Å². The Morgan fingerprint density at radius 2 is 1.57 bits per heavy atom. The Morgan fingerprint density at radius 1 is 0.933 bits per heavy atom. The maximum absolute atomic E-state index is 12.7. The number of para-hydroxylation sites is 4. The van der Waals surface area contributed by atoms with Gasteiger partial charge in [-0.15, -0.1) is 0 Å². The lowest BCUT2D eigenvalue weighted by Crippen LogP contribution is -2.16. The van der Waals surface area contributed by atoms with Crippen molar-refractivity contribution in [1.29, 1.82) is 0 Å². The van der Waals surface area contributed by atoms with Crippen LogP contribution in [0.2, 0.25) is 10.0 Å². The summed E-state index contributed by atoms with van der Waals surface area (Å²) < 4.78 is 5.72. The summed E-state index contributed by atoms with van der Waals surface area (Å²) in [6, 6.07) is 20.1. The molecular formula is C24H22Cl2N2O2. The Hall–Kier alpha value is -2.95. The average Bonchev–Trinajstić information content (AvgIpc) is 2.71. The first kappa shape index (κ1) is 21.8. The topological polar surface area (TPSA) is 50.4 Å². The first-order valence-electron chi connectivity index (χ1n) is 9.39. The summed E-state index contributed by atoms with van der Waals surface area (Å²) in [5.41, 5.74) is 3.69. The Balaban J connectivity index is 1.75. The number of halogens is 2. The number of anilines is 3. The lowest BCUT2D eigenvalue weighted by Gasteiger charge is -2.15. The van der Waals surface area contributed by atoms with Crippen LogP contribution in [0.3, 0.4) is 0 Å². The van der Waals surface area contributed by atoms with E-state index in [4.69, 9.17) is 27.9 Å². The van der Waals surface area contributed by atoms with E-state index in [-0.39, 0.29) is 12.3 Å². The molecule has 0 aliphatic heterocycles. The van der Waals surface area contributed by atoms with Crippen molar-refractivity contribution in [3.63, 3.8) is 0 Å². The zero-order chi connectivity index (χ0) is 21.5. The molecule has 2 N–H and O–H groups in total. The minimum atomic E-state index is -0.166. The number of hydrogen-bond acceptors (Lipinski definition) is 3. The summed E-state index contributed by atoms with van der Waals surface area (Å²) in [4.78, 5) is 12.7. The monoisotopic (exact) mass is 440 g/mol. The van der Waals surface area contributed by atoms with Gasteiger partial charge in [-0.2, -0.15) is 0 Å². The highest BCUT2D eigenvalue weighted by atomic mass is 35.5. The highest BCUT2D eigenvalue weighted by Gasteiger charge is 2.13. The maximum atomic E-state index is 12.7. The molecule has 0 saturated carbocycles. The standard InChI is InChI=1S/C24H22Cl2N2O2/c1-16(2)15-30-22-13-6-5-12-21(22)27-23(29)14-17-8-3-4-11-20(17)28-24-18(25)9-7-10-19(24)26/h3-13,28H,1,14-15H2,2H3,(H,27,29). The molecule has 0 spiro atoms. The Morgan fingerprint density at radius 3 is 2.27 bits per heavy atom. The fourth-order valence-corrected chi connectivity index (χ4v) is 3.30. The molecule has 3 aromatic carbocycles. The third-order valence-corrected chi connectivity index (χ3v) is 4.86. The molecule has 0 aromatic heterocycles. The highest BCUT2D eigenvalue weighted by molar-refractivity contribution is 6.39. The summed E-state index contributed by atoms with van der Waals surface area (Å²) in [6.07, 6.45) is 0.167. The van der Waals surface area contributed by atoms with E-state index in [2.05, 4.69) is 17.2 Å². The van der Waals surface area contributed by atoms with Crippen molar-refractivity contribution in [2.45, 2.75) is 13.3 Å². The van der Waals surface area contributed by atoms with Crippen molar-refractivity contribution in [3.8, 4) is 5.75 Å². The molecule has 0 bridgehead atoms. The van der Waals surface area contributed by atoms with E-state index in [0.717, 1.165) is 16.8 Å². The van der Waals surface area contributed by atoms with Crippen LogP contribution in [0.1, 0.15) is 12.5 Å². The quantitative estimate of drug-likeness (QED) is 0.375. The van der Waals surface area contributed by atoms with Crippen LogP contribution in [-0.4, -0.2) is 12.5 Å². The molecule has 3 aromatic rings. The fourth-order valence-electron chi connectivity index (χ4n) is 2.81. The summed E-state index contributed by atoms with van der Waals surface area (Å²) >= 11 is 12.5. The molecule has 30 heavy (non-hydrogen) atoms. The minimum absolute atomic E-state index is 0.166. The number of nitrogens with one attached hydrogen (secondary N) is 2. The maximum Gasteiger partial charge on any atom is 0.228 e. The number of carbonyl (C=O) groups is 1. The summed E-state index contributed by atoms with van der Waals surface area (Å²) in [5, 5.41) is 7.18. The second-order valence-corrected chi connectivity index (χ2v) is 7.66. The van der Waals surface area contributed by atoms with Gasteiger partial charge in [0.2, 0.25) is 5.91 Å². The van der Waals surface area contributed by atoms with Gasteiger partial charge in [-0.25, -0.2) is 0 Å². The molecule has 6 heteroatoms. The lowest BCUT2D eigenvalue weighted by atomic mass is 10.1. The van der Waals surface area contributed by atoms with Gasteiger partial charge in [0.25, 0.3) is 0 Å². The molecule has 4 nitrogen and oxygen atoms in total. The van der Waals surface area contributed by atoms with Gasteiger partial charge in [0.15, 0.2) is 0 Å². The van der Waals surface area contributed by atoms with E-state index >= 15 is 0 Å². The number of ether oxygens (including phenoxy) is 1. The van der Waals surface area contributed by atoms with Crippen LogP contribution < -0.4 is 15.4 Å². The molecule has 0 radical (unpaired) electrons. The SMILES string of the molecule is C=C(C)COc1ccccc1NC(=O)Cc1ccccc1Nc1c(Cl)cccc1Cl.